The van der Waals surface area contributed by atoms with Crippen LogP contribution in [0.4, 0.5) is 0 Å². The number of halogens is 3. The Morgan fingerprint density at radius 2 is 1.00 bits per heavy atom. The van der Waals surface area contributed by atoms with Crippen LogP contribution in [0.3, 0.4) is 0 Å². The average molecular weight is 316 g/mol. The lowest BCUT2D eigenvalue weighted by molar-refractivity contribution is 0.103. The highest BCUT2D eigenvalue weighted by atomic mass is 35.8. The molecule has 0 aliphatic rings. The minimum absolute atomic E-state index is 0.0752. The van der Waals surface area contributed by atoms with E-state index in [9.17, 15) is 4.79 Å². The number of carbonyl (C=O) groups excluding carboxylic acids is 1. The Balaban J connectivity index is 0.000000357. The van der Waals surface area contributed by atoms with Crippen LogP contribution in [0, 0.1) is 0 Å². The second-order valence-corrected chi connectivity index (χ2v) is 9.74. The molecule has 1 nitrogen and oxygen atoms in total. The first-order chi connectivity index (χ1) is 8.61. The second-order valence-electron chi connectivity index (χ2n) is 3.31. The number of hydrogen-bond donors (Lipinski definition) is 0. The van der Waals surface area contributed by atoms with Crippen LogP contribution in [0.5, 0.6) is 0 Å². The first kappa shape index (κ1) is 15.6. The van der Waals surface area contributed by atoms with Crippen LogP contribution in [-0.2, 0) is 0 Å². The van der Waals surface area contributed by atoms with Crippen molar-refractivity contribution in [2.45, 2.75) is 0 Å². The molecule has 5 heteroatoms. The summed E-state index contributed by atoms with van der Waals surface area (Å²) in [6.07, 6.45) is 0. The van der Waals surface area contributed by atoms with E-state index in [1.807, 2.05) is 60.7 Å². The van der Waals surface area contributed by atoms with Gasteiger partial charge in [0.2, 0.25) is 0 Å². The Labute approximate surface area is 123 Å². The van der Waals surface area contributed by atoms with Gasteiger partial charge in [0, 0.05) is 11.1 Å². The van der Waals surface area contributed by atoms with Gasteiger partial charge in [-0.2, -0.15) is 0 Å². The summed E-state index contributed by atoms with van der Waals surface area (Å²) in [6.45, 7) is 0. The smallest absolute Gasteiger partial charge is 0.289 e. The molecule has 0 spiro atoms. The highest BCUT2D eigenvalue weighted by molar-refractivity contribution is 7.54. The maximum Gasteiger partial charge on any atom is 0.643 e. The van der Waals surface area contributed by atoms with Gasteiger partial charge in [-0.25, -0.2) is 30.1 Å². The van der Waals surface area contributed by atoms with Gasteiger partial charge in [-0.05, 0) is 0 Å². The molecular weight excluding hydrogens is 305 g/mol. The number of hydrogen-bond acceptors (Lipinski definition) is 1. The van der Waals surface area contributed by atoms with Gasteiger partial charge in [-0.15, -0.1) is 0 Å². The van der Waals surface area contributed by atoms with Crippen LogP contribution < -0.4 is 0 Å². The summed E-state index contributed by atoms with van der Waals surface area (Å²) < 4.78 is 0. The van der Waals surface area contributed by atoms with Crippen LogP contribution in [0.25, 0.3) is 0 Å². The molecule has 2 aromatic rings. The lowest BCUT2D eigenvalue weighted by atomic mass is 10.0. The Morgan fingerprint density at radius 1 is 0.722 bits per heavy atom. The fraction of sp³-hybridized carbons (Fsp3) is 0. The first-order valence-electron chi connectivity index (χ1n) is 5.18. The predicted octanol–water partition coefficient (Wildman–Crippen LogP) is 4.61. The van der Waals surface area contributed by atoms with Gasteiger partial charge in [0.05, 0.1) is 0 Å². The van der Waals surface area contributed by atoms with E-state index in [2.05, 4.69) is 0 Å². The Hall–Kier alpha value is -0.488. The zero-order chi connectivity index (χ0) is 13.4. The number of carbonyl (C=O) groups is 1. The summed E-state index contributed by atoms with van der Waals surface area (Å²) in [5, 5.41) is 0. The molecule has 0 saturated heterocycles. The standard InChI is InChI=1S/C13H10O.Al.3ClH/c14-13(11-7-3-1-4-8-11)12-9-5-2-6-10-12;;;;/h1-10H;;3*1H/q;+3;;;/p-3. The highest BCUT2D eigenvalue weighted by Gasteiger charge is 2.06. The lowest BCUT2D eigenvalue weighted by Crippen LogP contribution is -1.99. The summed E-state index contributed by atoms with van der Waals surface area (Å²) in [6, 6.07) is 18.6. The van der Waals surface area contributed by atoms with E-state index in [-0.39, 0.29) is 5.78 Å². The van der Waals surface area contributed by atoms with Gasteiger partial charge in [0.1, 0.15) is 0 Å². The molecule has 0 amide bonds. The molecule has 0 fully saturated rings. The van der Waals surface area contributed by atoms with E-state index in [0.29, 0.717) is 0 Å². The van der Waals surface area contributed by atoms with E-state index >= 15 is 0 Å². The van der Waals surface area contributed by atoms with Crippen LogP contribution in [-0.4, -0.2) is 17.2 Å². The van der Waals surface area contributed by atoms with Crippen LogP contribution in [0.1, 0.15) is 15.9 Å². The summed E-state index contributed by atoms with van der Waals surface area (Å²) in [7, 11) is 14.8. The molecule has 0 saturated carbocycles. The molecule has 0 aromatic heterocycles. The molecule has 0 heterocycles. The quantitative estimate of drug-likeness (QED) is 0.584. The van der Waals surface area contributed by atoms with Crippen molar-refractivity contribution in [3.8, 4) is 0 Å². The number of ketones is 1. The van der Waals surface area contributed by atoms with Gasteiger partial charge < -0.3 is 0 Å². The topological polar surface area (TPSA) is 17.1 Å². The third-order valence-corrected chi connectivity index (χ3v) is 2.07. The molecule has 0 aliphatic heterocycles. The number of benzene rings is 2. The van der Waals surface area contributed by atoms with Crippen molar-refractivity contribution < 1.29 is 4.79 Å². The number of rotatable bonds is 2. The Kier molecular flexibility index (Phi) is 7.43. The second kappa shape index (κ2) is 8.59. The molecule has 2 rings (SSSR count). The van der Waals surface area contributed by atoms with Crippen LogP contribution in [0.15, 0.2) is 60.7 Å². The molecule has 2 aromatic carbocycles. The molecule has 18 heavy (non-hydrogen) atoms. The zero-order valence-corrected chi connectivity index (χ0v) is 12.8. The maximum atomic E-state index is 11.8. The third-order valence-electron chi connectivity index (χ3n) is 2.07. The van der Waals surface area contributed by atoms with Crippen molar-refractivity contribution in [2.75, 3.05) is 0 Å². The largest absolute Gasteiger partial charge is 0.643 e. The third kappa shape index (κ3) is 5.91. The van der Waals surface area contributed by atoms with Crippen molar-refractivity contribution in [1.82, 2.24) is 0 Å². The molecule has 0 atom stereocenters. The van der Waals surface area contributed by atoms with Crippen LogP contribution >= 0.6 is 30.1 Å². The average Bonchev–Trinajstić information content (AvgIpc) is 2.39. The fourth-order valence-corrected chi connectivity index (χ4v) is 1.35. The van der Waals surface area contributed by atoms with Crippen molar-refractivity contribution in [2.24, 2.45) is 0 Å². The minimum Gasteiger partial charge on any atom is -0.289 e. The summed E-state index contributed by atoms with van der Waals surface area (Å²) in [5.74, 6) is 0.0752. The molecule has 0 unspecified atom stereocenters. The molecule has 0 aliphatic carbocycles. The predicted molar refractivity (Wildman–Crippen MR) is 79.6 cm³/mol. The zero-order valence-electron chi connectivity index (χ0n) is 9.39. The molecular formula is C13H10AlCl3O. The van der Waals surface area contributed by atoms with Crippen LogP contribution in [0.2, 0.25) is 0 Å². The minimum atomic E-state index is -1.72. The normalized spacial score (nSPS) is 9.06. The van der Waals surface area contributed by atoms with Crippen molar-refractivity contribution in [3.63, 3.8) is 0 Å². The van der Waals surface area contributed by atoms with Gasteiger partial charge in [0.25, 0.3) is 0 Å². The summed E-state index contributed by atoms with van der Waals surface area (Å²) in [5.41, 5.74) is 1.47. The van der Waals surface area contributed by atoms with Crippen molar-refractivity contribution >= 4 is 47.3 Å². The Bertz CT molecular complexity index is 430. The van der Waals surface area contributed by atoms with E-state index in [1.54, 1.807) is 0 Å². The van der Waals surface area contributed by atoms with Gasteiger partial charge in [-0.3, -0.25) is 4.79 Å². The van der Waals surface area contributed by atoms with E-state index in [1.165, 1.54) is 0 Å². The molecule has 0 N–H and O–H groups in total. The molecule has 0 radical (unpaired) electrons. The van der Waals surface area contributed by atoms with E-state index in [4.69, 9.17) is 30.1 Å². The molecule has 0 bridgehead atoms. The van der Waals surface area contributed by atoms with Crippen molar-refractivity contribution in [3.05, 3.63) is 71.8 Å². The fourth-order valence-electron chi connectivity index (χ4n) is 1.35. The summed E-state index contributed by atoms with van der Waals surface area (Å²) >= 11 is -1.72. The Morgan fingerprint density at radius 3 is 1.28 bits per heavy atom. The van der Waals surface area contributed by atoms with Gasteiger partial charge in [-0.1, -0.05) is 60.7 Å². The van der Waals surface area contributed by atoms with E-state index in [0.717, 1.165) is 11.1 Å². The monoisotopic (exact) mass is 314 g/mol. The molecule has 92 valence electrons. The van der Waals surface area contributed by atoms with Gasteiger partial charge >= 0.3 is 11.4 Å². The summed E-state index contributed by atoms with van der Waals surface area (Å²) in [4.78, 5) is 11.8. The first-order valence-corrected chi connectivity index (χ1v) is 10.4. The van der Waals surface area contributed by atoms with E-state index < -0.39 is 11.4 Å². The van der Waals surface area contributed by atoms with Gasteiger partial charge in [0.15, 0.2) is 5.78 Å². The van der Waals surface area contributed by atoms with Crippen molar-refractivity contribution in [1.29, 1.82) is 0 Å². The lowest BCUT2D eigenvalue weighted by Gasteiger charge is -1.99. The maximum absolute atomic E-state index is 11.8. The highest BCUT2D eigenvalue weighted by Crippen LogP contribution is 2.08. The SMILES string of the molecule is O=C(c1ccccc1)c1ccccc1.[Cl][Al]([Cl])[Cl].